The van der Waals surface area contributed by atoms with Crippen LogP contribution in [0.25, 0.3) is 10.8 Å². The van der Waals surface area contributed by atoms with Gasteiger partial charge in [0.15, 0.2) is 0 Å². The molecule has 1 fully saturated rings. The first-order valence-electron chi connectivity index (χ1n) is 10.0. The second-order valence-corrected chi connectivity index (χ2v) is 9.15. The molecular weight excluding hydrogens is 432 g/mol. The summed E-state index contributed by atoms with van der Waals surface area (Å²) in [5.74, 6) is 0. The maximum atomic E-state index is 12.7. The molecule has 31 heavy (non-hydrogen) atoms. The van der Waals surface area contributed by atoms with Crippen molar-refractivity contribution in [1.82, 2.24) is 4.90 Å². The van der Waals surface area contributed by atoms with E-state index in [1.807, 2.05) is 66.7 Å². The molecule has 0 radical (unpaired) electrons. The largest absolute Gasteiger partial charge is 0.755 e. The van der Waals surface area contributed by atoms with Crippen molar-refractivity contribution in [2.75, 3.05) is 17.4 Å². The van der Waals surface area contributed by atoms with Gasteiger partial charge in [-0.25, -0.2) is 4.79 Å². The van der Waals surface area contributed by atoms with E-state index in [2.05, 4.69) is 12.6 Å². The quantitative estimate of drug-likeness (QED) is 0.448. The van der Waals surface area contributed by atoms with Crippen molar-refractivity contribution in [3.8, 4) is 0 Å². The third-order valence-electron chi connectivity index (χ3n) is 5.41. The highest BCUT2D eigenvalue weighted by molar-refractivity contribution is 7.81. The summed E-state index contributed by atoms with van der Waals surface area (Å²) in [6.45, 7) is 0.729. The van der Waals surface area contributed by atoms with E-state index < -0.39 is 17.4 Å². The van der Waals surface area contributed by atoms with Crippen molar-refractivity contribution >= 4 is 46.4 Å². The number of hydrogen-bond acceptors (Lipinski definition) is 5. The lowest BCUT2D eigenvalue weighted by Crippen LogP contribution is -2.44. The van der Waals surface area contributed by atoms with E-state index in [4.69, 9.17) is 4.74 Å². The topological polar surface area (TPSA) is 72.9 Å². The maximum absolute atomic E-state index is 12.7. The van der Waals surface area contributed by atoms with Crippen LogP contribution in [0.4, 0.5) is 10.5 Å². The van der Waals surface area contributed by atoms with Crippen molar-refractivity contribution in [1.29, 1.82) is 0 Å². The lowest BCUT2D eigenvalue weighted by Gasteiger charge is -2.32. The molecule has 0 aromatic heterocycles. The number of hydrogen-bond donors (Lipinski definition) is 1. The fourth-order valence-electron chi connectivity index (χ4n) is 3.87. The number of likely N-dealkylation sites (tertiary alicyclic amines) is 1. The highest BCUT2D eigenvalue weighted by Gasteiger charge is 2.36. The number of fused-ring (bicyclic) bond motifs is 1. The lowest BCUT2D eigenvalue weighted by atomic mass is 10.1. The molecule has 1 heterocycles. The fraction of sp³-hybridized carbons (Fsp3) is 0.261. The highest BCUT2D eigenvalue weighted by atomic mass is 32.2. The first-order valence-corrected chi connectivity index (χ1v) is 11.6. The smallest absolute Gasteiger partial charge is 0.410 e. The average Bonchev–Trinajstić information content (AvgIpc) is 3.16. The van der Waals surface area contributed by atoms with E-state index in [-0.39, 0.29) is 24.4 Å². The van der Waals surface area contributed by atoms with Crippen LogP contribution < -0.4 is 4.31 Å². The normalized spacial score (nSPS) is 19.4. The van der Waals surface area contributed by atoms with E-state index in [0.717, 1.165) is 16.3 Å². The van der Waals surface area contributed by atoms with Gasteiger partial charge in [0.25, 0.3) is 0 Å². The number of amides is 1. The maximum Gasteiger partial charge on any atom is 0.410 e. The molecule has 3 aromatic rings. The van der Waals surface area contributed by atoms with Gasteiger partial charge >= 0.3 is 6.09 Å². The zero-order valence-electron chi connectivity index (χ0n) is 16.8. The zero-order chi connectivity index (χ0) is 21.8. The SMILES string of the molecule is O=C(OCc1ccccc1)N1CC(S)CC1CN(c1ccc2ccccc2c1)S(=O)[O-]. The third-order valence-corrected chi connectivity index (χ3v) is 6.50. The summed E-state index contributed by atoms with van der Waals surface area (Å²) in [6, 6.07) is 22.4. The monoisotopic (exact) mass is 455 g/mol. The van der Waals surface area contributed by atoms with E-state index in [0.29, 0.717) is 18.7 Å². The number of ether oxygens (including phenoxy) is 1. The summed E-state index contributed by atoms with van der Waals surface area (Å²) in [6.07, 6.45) is 0.130. The molecule has 3 aromatic carbocycles. The summed E-state index contributed by atoms with van der Waals surface area (Å²) in [7, 11) is 0. The molecule has 1 saturated heterocycles. The van der Waals surface area contributed by atoms with Crippen LogP contribution >= 0.6 is 12.6 Å². The summed E-state index contributed by atoms with van der Waals surface area (Å²) in [5.41, 5.74) is 1.46. The summed E-state index contributed by atoms with van der Waals surface area (Å²) in [4.78, 5) is 14.3. The average molecular weight is 456 g/mol. The molecule has 3 unspecified atom stereocenters. The number of benzene rings is 3. The first-order chi connectivity index (χ1) is 15.0. The molecule has 4 rings (SSSR count). The number of anilines is 1. The van der Waals surface area contributed by atoms with E-state index in [9.17, 15) is 13.6 Å². The fourth-order valence-corrected chi connectivity index (χ4v) is 4.87. The van der Waals surface area contributed by atoms with Gasteiger partial charge < -0.3 is 18.5 Å². The minimum Gasteiger partial charge on any atom is -0.755 e. The molecule has 1 aliphatic heterocycles. The van der Waals surface area contributed by atoms with Gasteiger partial charge in [-0.2, -0.15) is 12.6 Å². The number of nitrogens with zero attached hydrogens (tertiary/aromatic N) is 2. The van der Waals surface area contributed by atoms with Crippen LogP contribution in [0.15, 0.2) is 72.8 Å². The molecule has 1 aliphatic rings. The minimum atomic E-state index is -2.49. The Morgan fingerprint density at radius 2 is 1.81 bits per heavy atom. The van der Waals surface area contributed by atoms with Gasteiger partial charge in [0, 0.05) is 28.7 Å². The Kier molecular flexibility index (Phi) is 6.80. The lowest BCUT2D eigenvalue weighted by molar-refractivity contribution is 0.0933. The standard InChI is InChI=1S/C23H24N2O4S2/c26-23(29-16-17-6-2-1-3-7-17)24-15-22(30)13-21(24)14-25(31(27)28)20-11-10-18-8-4-5-9-19(18)12-20/h1-12,21-22,30H,13-16H2,(H,27,28)/p-1. The van der Waals surface area contributed by atoms with Crippen LogP contribution in [0.2, 0.25) is 0 Å². The molecular formula is C23H23N2O4S2-. The molecule has 0 saturated carbocycles. The van der Waals surface area contributed by atoms with Crippen molar-refractivity contribution in [2.45, 2.75) is 24.3 Å². The van der Waals surface area contributed by atoms with Crippen LogP contribution in [0.3, 0.4) is 0 Å². The summed E-state index contributed by atoms with van der Waals surface area (Å²) >= 11 is 2.05. The van der Waals surface area contributed by atoms with E-state index >= 15 is 0 Å². The molecule has 0 bridgehead atoms. The van der Waals surface area contributed by atoms with Gasteiger partial charge in [0.1, 0.15) is 6.61 Å². The summed E-state index contributed by atoms with van der Waals surface area (Å²) < 4.78 is 30.9. The van der Waals surface area contributed by atoms with Gasteiger partial charge in [0.05, 0.1) is 12.6 Å². The summed E-state index contributed by atoms with van der Waals surface area (Å²) in [5, 5.41) is 1.95. The molecule has 3 atom stereocenters. The first kappa shape index (κ1) is 21.7. The predicted molar refractivity (Wildman–Crippen MR) is 125 cm³/mol. The van der Waals surface area contributed by atoms with Crippen LogP contribution in [0, 0.1) is 0 Å². The second kappa shape index (κ2) is 9.72. The molecule has 162 valence electrons. The van der Waals surface area contributed by atoms with Gasteiger partial charge in [-0.3, -0.25) is 4.21 Å². The molecule has 0 N–H and O–H groups in total. The Balaban J connectivity index is 1.49. The van der Waals surface area contributed by atoms with Gasteiger partial charge in [-0.15, -0.1) is 0 Å². The molecule has 8 heteroatoms. The minimum absolute atomic E-state index is 0.0344. The second-order valence-electron chi connectivity index (χ2n) is 7.55. The van der Waals surface area contributed by atoms with Crippen LogP contribution in [-0.4, -0.2) is 44.1 Å². The van der Waals surface area contributed by atoms with Gasteiger partial charge in [-0.05, 0) is 34.9 Å². The predicted octanol–water partition coefficient (Wildman–Crippen LogP) is 4.15. The number of thiol groups is 1. The third kappa shape index (κ3) is 5.20. The van der Waals surface area contributed by atoms with E-state index in [1.54, 1.807) is 11.0 Å². The van der Waals surface area contributed by atoms with E-state index in [1.165, 1.54) is 4.31 Å². The Labute approximate surface area is 189 Å². The molecule has 1 amide bonds. The van der Waals surface area contributed by atoms with Crippen LogP contribution in [-0.2, 0) is 22.6 Å². The van der Waals surface area contributed by atoms with Crippen LogP contribution in [0.5, 0.6) is 0 Å². The van der Waals surface area contributed by atoms with Gasteiger partial charge in [0.2, 0.25) is 0 Å². The van der Waals surface area contributed by atoms with Crippen molar-refractivity contribution in [2.24, 2.45) is 0 Å². The molecule has 0 spiro atoms. The Hall–Kier alpha value is -2.55. The number of carbonyl (C=O) groups excluding carboxylic acids is 1. The number of rotatable bonds is 6. The molecule has 6 nitrogen and oxygen atoms in total. The van der Waals surface area contributed by atoms with Crippen molar-refractivity contribution in [3.05, 3.63) is 78.4 Å². The Morgan fingerprint density at radius 3 is 2.55 bits per heavy atom. The molecule has 0 aliphatic carbocycles. The van der Waals surface area contributed by atoms with Gasteiger partial charge in [-0.1, -0.05) is 60.7 Å². The van der Waals surface area contributed by atoms with Crippen LogP contribution in [0.1, 0.15) is 12.0 Å². The Bertz CT molecular complexity index is 1080. The highest BCUT2D eigenvalue weighted by Crippen LogP contribution is 2.28. The van der Waals surface area contributed by atoms with Crippen molar-refractivity contribution in [3.63, 3.8) is 0 Å². The Morgan fingerprint density at radius 1 is 1.10 bits per heavy atom. The van der Waals surface area contributed by atoms with Crippen molar-refractivity contribution < 1.29 is 18.3 Å². The zero-order valence-corrected chi connectivity index (χ0v) is 18.5. The number of carbonyl (C=O) groups is 1.